The van der Waals surface area contributed by atoms with E-state index < -0.39 is 0 Å². The summed E-state index contributed by atoms with van der Waals surface area (Å²) in [4.78, 5) is 19.7. The summed E-state index contributed by atoms with van der Waals surface area (Å²) in [6.45, 7) is 6.18. The number of nitrogens with zero attached hydrogens (tertiary/aromatic N) is 2. The molecule has 22 heavy (non-hydrogen) atoms. The molecule has 1 saturated heterocycles. The third-order valence-corrected chi connectivity index (χ3v) is 5.91. The second-order valence-electron chi connectivity index (χ2n) is 6.78. The highest BCUT2D eigenvalue weighted by atomic mass is 32.1. The lowest BCUT2D eigenvalue weighted by Gasteiger charge is -2.28. The van der Waals surface area contributed by atoms with Crippen LogP contribution in [0.15, 0.2) is 5.38 Å². The molecular formula is C17H27N3OS. The zero-order valence-electron chi connectivity index (χ0n) is 13.7. The van der Waals surface area contributed by atoms with Gasteiger partial charge >= 0.3 is 0 Å². The van der Waals surface area contributed by atoms with E-state index in [1.165, 1.54) is 38.5 Å². The number of aromatic nitrogens is 1. The van der Waals surface area contributed by atoms with Crippen molar-refractivity contribution in [2.75, 3.05) is 13.1 Å². The van der Waals surface area contributed by atoms with Crippen LogP contribution in [0.2, 0.25) is 0 Å². The quantitative estimate of drug-likeness (QED) is 0.905. The average Bonchev–Trinajstić information content (AvgIpc) is 3.30. The maximum atomic E-state index is 12.7. The molecule has 1 amide bonds. The minimum atomic E-state index is -0.0274. The normalized spacial score (nSPS) is 22.8. The lowest BCUT2D eigenvalue weighted by Crippen LogP contribution is -2.46. The third kappa shape index (κ3) is 3.87. The van der Waals surface area contributed by atoms with E-state index >= 15 is 0 Å². The lowest BCUT2D eigenvalue weighted by atomic mass is 10.1. The Labute approximate surface area is 137 Å². The van der Waals surface area contributed by atoms with Gasteiger partial charge in [0.05, 0.1) is 12.1 Å². The van der Waals surface area contributed by atoms with Gasteiger partial charge in [0.25, 0.3) is 0 Å². The standard InChI is InChI=1S/C17H27N3OS/c1-12-11-22-17(18-12)15(14-7-8-14)19-16(21)13(2)20-9-5-3-4-6-10-20/h11,13-15H,3-10H2,1-2H3,(H,19,21)/t13-,15-/m1/s1. The van der Waals surface area contributed by atoms with Crippen molar-refractivity contribution in [3.63, 3.8) is 0 Å². The third-order valence-electron chi connectivity index (χ3n) is 4.86. The van der Waals surface area contributed by atoms with Crippen LogP contribution in [0.1, 0.15) is 62.2 Å². The maximum Gasteiger partial charge on any atom is 0.237 e. The molecule has 122 valence electrons. The number of nitrogens with one attached hydrogen (secondary N) is 1. The predicted molar refractivity (Wildman–Crippen MR) is 90.0 cm³/mol. The van der Waals surface area contributed by atoms with Gasteiger partial charge in [-0.05, 0) is 58.5 Å². The van der Waals surface area contributed by atoms with Crippen LogP contribution < -0.4 is 5.32 Å². The van der Waals surface area contributed by atoms with Crippen molar-refractivity contribution in [2.24, 2.45) is 5.92 Å². The minimum Gasteiger partial charge on any atom is -0.345 e. The molecule has 1 saturated carbocycles. The fourth-order valence-corrected chi connectivity index (χ4v) is 4.19. The molecule has 1 aromatic heterocycles. The SMILES string of the molecule is Cc1csc([C@H](NC(=O)[C@@H](C)N2CCCCCC2)C2CC2)n1. The number of carbonyl (C=O) groups excluding carboxylic acids is 1. The molecule has 1 aromatic rings. The summed E-state index contributed by atoms with van der Waals surface area (Å²) < 4.78 is 0. The molecule has 2 aliphatic rings. The second-order valence-corrected chi connectivity index (χ2v) is 7.67. The van der Waals surface area contributed by atoms with E-state index in [4.69, 9.17) is 0 Å². The molecule has 0 aromatic carbocycles. The zero-order chi connectivity index (χ0) is 15.5. The number of thiazole rings is 1. The number of carbonyl (C=O) groups is 1. The van der Waals surface area contributed by atoms with Gasteiger partial charge in [-0.15, -0.1) is 11.3 Å². The van der Waals surface area contributed by atoms with Crippen LogP contribution in [0.25, 0.3) is 0 Å². The number of hydrogen-bond acceptors (Lipinski definition) is 4. The van der Waals surface area contributed by atoms with Crippen molar-refractivity contribution >= 4 is 17.2 Å². The fourth-order valence-electron chi connectivity index (χ4n) is 3.25. The minimum absolute atomic E-state index is 0.0274. The van der Waals surface area contributed by atoms with Gasteiger partial charge in [-0.25, -0.2) is 4.98 Å². The van der Waals surface area contributed by atoms with E-state index in [0.717, 1.165) is 23.8 Å². The highest BCUT2D eigenvalue weighted by Gasteiger charge is 2.36. The van der Waals surface area contributed by atoms with Crippen LogP contribution in [0, 0.1) is 12.8 Å². The Balaban J connectivity index is 1.63. The lowest BCUT2D eigenvalue weighted by molar-refractivity contribution is -0.126. The summed E-state index contributed by atoms with van der Waals surface area (Å²) in [5.41, 5.74) is 1.06. The molecule has 0 unspecified atom stereocenters. The molecule has 2 heterocycles. The monoisotopic (exact) mass is 321 g/mol. The number of likely N-dealkylation sites (tertiary alicyclic amines) is 1. The fraction of sp³-hybridized carbons (Fsp3) is 0.765. The van der Waals surface area contributed by atoms with E-state index in [0.29, 0.717) is 5.92 Å². The van der Waals surface area contributed by atoms with Gasteiger partial charge in [0, 0.05) is 11.1 Å². The van der Waals surface area contributed by atoms with Crippen molar-refractivity contribution < 1.29 is 4.79 Å². The summed E-state index contributed by atoms with van der Waals surface area (Å²) in [5.74, 6) is 0.762. The smallest absolute Gasteiger partial charge is 0.237 e. The topological polar surface area (TPSA) is 45.2 Å². The Morgan fingerprint density at radius 1 is 1.32 bits per heavy atom. The molecular weight excluding hydrogens is 294 g/mol. The summed E-state index contributed by atoms with van der Waals surface area (Å²) in [7, 11) is 0. The van der Waals surface area contributed by atoms with Crippen molar-refractivity contribution in [2.45, 2.75) is 64.5 Å². The van der Waals surface area contributed by atoms with Gasteiger partial charge in [-0.1, -0.05) is 12.8 Å². The van der Waals surface area contributed by atoms with Crippen LogP contribution in [-0.2, 0) is 4.79 Å². The van der Waals surface area contributed by atoms with E-state index in [-0.39, 0.29) is 18.0 Å². The van der Waals surface area contributed by atoms with E-state index in [1.807, 2.05) is 6.92 Å². The highest BCUT2D eigenvalue weighted by Crippen LogP contribution is 2.41. The van der Waals surface area contributed by atoms with Gasteiger partial charge in [0.1, 0.15) is 5.01 Å². The molecule has 1 aliphatic heterocycles. The molecule has 1 aliphatic carbocycles. The van der Waals surface area contributed by atoms with Crippen LogP contribution >= 0.6 is 11.3 Å². The molecule has 2 atom stereocenters. The van der Waals surface area contributed by atoms with Gasteiger partial charge in [-0.2, -0.15) is 0 Å². The molecule has 0 radical (unpaired) electrons. The Bertz CT molecular complexity index is 504. The van der Waals surface area contributed by atoms with Crippen molar-refractivity contribution in [1.82, 2.24) is 15.2 Å². The Morgan fingerprint density at radius 3 is 2.55 bits per heavy atom. The van der Waals surface area contributed by atoms with Gasteiger partial charge < -0.3 is 5.32 Å². The largest absolute Gasteiger partial charge is 0.345 e. The molecule has 3 rings (SSSR count). The van der Waals surface area contributed by atoms with E-state index in [9.17, 15) is 4.79 Å². The summed E-state index contributed by atoms with van der Waals surface area (Å²) in [6.07, 6.45) is 7.45. The summed E-state index contributed by atoms with van der Waals surface area (Å²) in [6, 6.07) is 0.0982. The highest BCUT2D eigenvalue weighted by molar-refractivity contribution is 7.09. The molecule has 5 heteroatoms. The van der Waals surface area contributed by atoms with Crippen molar-refractivity contribution in [3.8, 4) is 0 Å². The van der Waals surface area contributed by atoms with E-state index in [1.54, 1.807) is 11.3 Å². The number of rotatable bonds is 5. The van der Waals surface area contributed by atoms with Crippen LogP contribution in [0.3, 0.4) is 0 Å². The molecule has 2 fully saturated rings. The van der Waals surface area contributed by atoms with Crippen LogP contribution in [0.5, 0.6) is 0 Å². The van der Waals surface area contributed by atoms with Crippen LogP contribution in [0.4, 0.5) is 0 Å². The molecule has 0 spiro atoms. The molecule has 0 bridgehead atoms. The second kappa shape index (κ2) is 7.09. The summed E-state index contributed by atoms with van der Waals surface area (Å²) in [5, 5.41) is 6.45. The molecule has 1 N–H and O–H groups in total. The first kappa shape index (κ1) is 15.9. The van der Waals surface area contributed by atoms with Crippen molar-refractivity contribution in [3.05, 3.63) is 16.1 Å². The van der Waals surface area contributed by atoms with Crippen molar-refractivity contribution in [1.29, 1.82) is 0 Å². The van der Waals surface area contributed by atoms with E-state index in [2.05, 4.69) is 27.5 Å². The summed E-state index contributed by atoms with van der Waals surface area (Å²) >= 11 is 1.68. The first-order valence-corrected chi connectivity index (χ1v) is 9.49. The number of aryl methyl sites for hydroxylation is 1. The first-order chi connectivity index (χ1) is 10.6. The van der Waals surface area contributed by atoms with Crippen LogP contribution in [-0.4, -0.2) is 34.9 Å². The van der Waals surface area contributed by atoms with Gasteiger partial charge in [-0.3, -0.25) is 9.69 Å². The average molecular weight is 321 g/mol. The number of amides is 1. The Morgan fingerprint density at radius 2 is 2.00 bits per heavy atom. The Hall–Kier alpha value is -0.940. The first-order valence-electron chi connectivity index (χ1n) is 8.61. The maximum absolute atomic E-state index is 12.7. The predicted octanol–water partition coefficient (Wildman–Crippen LogP) is 3.28. The zero-order valence-corrected chi connectivity index (χ0v) is 14.5. The van der Waals surface area contributed by atoms with Gasteiger partial charge in [0.2, 0.25) is 5.91 Å². The number of hydrogen-bond donors (Lipinski definition) is 1. The van der Waals surface area contributed by atoms with Gasteiger partial charge in [0.15, 0.2) is 0 Å². The molecule has 4 nitrogen and oxygen atoms in total. The Kier molecular flexibility index (Phi) is 5.14.